The second kappa shape index (κ2) is 6.14. The van der Waals surface area contributed by atoms with E-state index in [9.17, 15) is 4.79 Å². The van der Waals surface area contributed by atoms with Gasteiger partial charge in [-0.1, -0.05) is 19.1 Å². The third-order valence-corrected chi connectivity index (χ3v) is 3.18. The van der Waals surface area contributed by atoms with Gasteiger partial charge in [0, 0.05) is 19.8 Å². The number of amides is 1. The lowest BCUT2D eigenvalue weighted by Crippen LogP contribution is -2.27. The van der Waals surface area contributed by atoms with Crippen molar-refractivity contribution in [2.75, 3.05) is 24.3 Å². The van der Waals surface area contributed by atoms with Crippen LogP contribution in [0.25, 0.3) is 0 Å². The van der Waals surface area contributed by atoms with Crippen LogP contribution < -0.4 is 10.2 Å². The number of nitrogens with one attached hydrogen (secondary N) is 1. The van der Waals surface area contributed by atoms with E-state index in [-0.39, 0.29) is 5.91 Å². The van der Waals surface area contributed by atoms with Crippen LogP contribution in [0.2, 0.25) is 0 Å². The van der Waals surface area contributed by atoms with Crippen LogP contribution in [0, 0.1) is 0 Å². The van der Waals surface area contributed by atoms with Crippen LogP contribution in [0.15, 0.2) is 36.4 Å². The lowest BCUT2D eigenvalue weighted by atomic mass is 10.1. The van der Waals surface area contributed by atoms with Crippen molar-refractivity contribution in [2.45, 2.75) is 13.3 Å². The van der Waals surface area contributed by atoms with Crippen molar-refractivity contribution in [3.05, 3.63) is 47.7 Å². The molecular weight excluding hydrogens is 252 g/mol. The summed E-state index contributed by atoms with van der Waals surface area (Å²) in [7, 11) is 3.49. The van der Waals surface area contributed by atoms with E-state index < -0.39 is 0 Å². The van der Waals surface area contributed by atoms with Gasteiger partial charge in [0.05, 0.1) is 0 Å². The summed E-state index contributed by atoms with van der Waals surface area (Å²) < 4.78 is 0. The first kappa shape index (κ1) is 14.0. The highest BCUT2D eigenvalue weighted by Crippen LogP contribution is 2.16. The number of rotatable bonds is 4. The Hall–Kier alpha value is -2.43. The maximum atomic E-state index is 12.3. The molecule has 1 aromatic carbocycles. The zero-order valence-corrected chi connectivity index (χ0v) is 11.9. The Balaban J connectivity index is 2.17. The lowest BCUT2D eigenvalue weighted by Gasteiger charge is -2.17. The number of benzene rings is 1. The fraction of sp³-hybridized carbons (Fsp3) is 0.267. The minimum absolute atomic E-state index is 0.176. The summed E-state index contributed by atoms with van der Waals surface area (Å²) in [5.74, 6) is 0.459. The van der Waals surface area contributed by atoms with Crippen molar-refractivity contribution < 1.29 is 4.79 Å². The molecule has 1 N–H and O–H groups in total. The van der Waals surface area contributed by atoms with Gasteiger partial charge in [-0.2, -0.15) is 0 Å². The number of aryl methyl sites for hydroxylation is 1. The van der Waals surface area contributed by atoms with Gasteiger partial charge in [-0.05, 0) is 36.2 Å². The number of aromatic nitrogens is 2. The van der Waals surface area contributed by atoms with Crippen LogP contribution in [-0.4, -0.2) is 30.2 Å². The molecule has 0 aliphatic rings. The van der Waals surface area contributed by atoms with Gasteiger partial charge in [-0.3, -0.25) is 4.79 Å². The second-order valence-corrected chi connectivity index (χ2v) is 4.44. The molecule has 0 bridgehead atoms. The van der Waals surface area contributed by atoms with E-state index in [1.165, 1.54) is 5.56 Å². The molecule has 0 radical (unpaired) electrons. The summed E-state index contributed by atoms with van der Waals surface area (Å²) in [6.45, 7) is 2.10. The Bertz CT molecular complexity index is 578. The van der Waals surface area contributed by atoms with Gasteiger partial charge < -0.3 is 10.2 Å². The topological polar surface area (TPSA) is 58.1 Å². The summed E-state index contributed by atoms with van der Waals surface area (Å²) in [5.41, 5.74) is 2.41. The van der Waals surface area contributed by atoms with Crippen LogP contribution in [0.4, 0.5) is 11.5 Å². The standard InChI is InChI=1S/C15H18N4O/c1-4-11-5-7-12(8-6-11)19(3)15(20)13-9-10-14(16-2)18-17-13/h5-10H,4H2,1-3H3,(H,16,18). The fourth-order valence-electron chi connectivity index (χ4n) is 1.82. The van der Waals surface area contributed by atoms with Crippen molar-refractivity contribution in [3.63, 3.8) is 0 Å². The third-order valence-electron chi connectivity index (χ3n) is 3.18. The van der Waals surface area contributed by atoms with E-state index in [4.69, 9.17) is 0 Å². The minimum Gasteiger partial charge on any atom is -0.372 e. The Morgan fingerprint density at radius 2 is 1.85 bits per heavy atom. The molecule has 0 spiro atoms. The number of carbonyl (C=O) groups is 1. The molecule has 0 aliphatic carbocycles. The maximum Gasteiger partial charge on any atom is 0.278 e. The molecule has 2 aromatic rings. The van der Waals surface area contributed by atoms with E-state index in [0.29, 0.717) is 11.5 Å². The average molecular weight is 270 g/mol. The normalized spacial score (nSPS) is 10.2. The zero-order chi connectivity index (χ0) is 14.5. The Morgan fingerprint density at radius 1 is 1.15 bits per heavy atom. The van der Waals surface area contributed by atoms with Crippen molar-refractivity contribution in [2.24, 2.45) is 0 Å². The molecule has 1 amide bonds. The van der Waals surface area contributed by atoms with Crippen LogP contribution in [0.3, 0.4) is 0 Å². The molecule has 5 heteroatoms. The van der Waals surface area contributed by atoms with Gasteiger partial charge in [0.1, 0.15) is 5.82 Å². The first-order chi connectivity index (χ1) is 9.65. The van der Waals surface area contributed by atoms with Crippen LogP contribution in [0.1, 0.15) is 23.0 Å². The van der Waals surface area contributed by atoms with Crippen LogP contribution >= 0.6 is 0 Å². The molecule has 2 rings (SSSR count). The highest BCUT2D eigenvalue weighted by atomic mass is 16.2. The molecule has 104 valence electrons. The first-order valence-electron chi connectivity index (χ1n) is 6.54. The smallest absolute Gasteiger partial charge is 0.278 e. The molecule has 0 saturated carbocycles. The molecule has 0 aliphatic heterocycles. The van der Waals surface area contributed by atoms with Gasteiger partial charge >= 0.3 is 0 Å². The second-order valence-electron chi connectivity index (χ2n) is 4.44. The fourth-order valence-corrected chi connectivity index (χ4v) is 1.82. The van der Waals surface area contributed by atoms with Gasteiger partial charge in [-0.15, -0.1) is 10.2 Å². The largest absolute Gasteiger partial charge is 0.372 e. The predicted octanol–water partition coefficient (Wildman–Crippen LogP) is 2.36. The van der Waals surface area contributed by atoms with E-state index in [0.717, 1.165) is 12.1 Å². The average Bonchev–Trinajstić information content (AvgIpc) is 2.53. The van der Waals surface area contributed by atoms with Gasteiger partial charge in [-0.25, -0.2) is 0 Å². The Labute approximate surface area is 118 Å². The number of nitrogens with zero attached hydrogens (tertiary/aromatic N) is 3. The molecular formula is C15H18N4O. The molecule has 1 aromatic heterocycles. The van der Waals surface area contributed by atoms with E-state index >= 15 is 0 Å². The number of anilines is 2. The molecule has 0 saturated heterocycles. The number of hydrogen-bond acceptors (Lipinski definition) is 4. The summed E-state index contributed by atoms with van der Waals surface area (Å²) in [6, 6.07) is 11.3. The molecule has 0 atom stereocenters. The van der Waals surface area contributed by atoms with Gasteiger partial charge in [0.2, 0.25) is 0 Å². The van der Waals surface area contributed by atoms with E-state index in [2.05, 4.69) is 22.4 Å². The summed E-state index contributed by atoms with van der Waals surface area (Å²) in [5, 5.41) is 10.7. The van der Waals surface area contributed by atoms with E-state index in [1.54, 1.807) is 31.1 Å². The van der Waals surface area contributed by atoms with Crippen molar-refractivity contribution >= 4 is 17.4 Å². The quantitative estimate of drug-likeness (QED) is 0.926. The Kier molecular flexibility index (Phi) is 4.30. The Morgan fingerprint density at radius 3 is 2.35 bits per heavy atom. The third kappa shape index (κ3) is 2.93. The maximum absolute atomic E-state index is 12.3. The monoisotopic (exact) mass is 270 g/mol. The van der Waals surface area contributed by atoms with Crippen LogP contribution in [-0.2, 0) is 6.42 Å². The molecule has 0 fully saturated rings. The molecule has 5 nitrogen and oxygen atoms in total. The lowest BCUT2D eigenvalue weighted by molar-refractivity contribution is 0.0987. The van der Waals surface area contributed by atoms with Crippen LogP contribution in [0.5, 0.6) is 0 Å². The molecule has 1 heterocycles. The van der Waals surface area contributed by atoms with Crippen molar-refractivity contribution in [3.8, 4) is 0 Å². The minimum atomic E-state index is -0.176. The predicted molar refractivity (Wildman–Crippen MR) is 80.1 cm³/mol. The van der Waals surface area contributed by atoms with E-state index in [1.807, 2.05) is 24.3 Å². The molecule has 0 unspecified atom stereocenters. The highest BCUT2D eigenvalue weighted by molar-refractivity contribution is 6.04. The van der Waals surface area contributed by atoms with Gasteiger partial charge in [0.15, 0.2) is 5.69 Å². The zero-order valence-electron chi connectivity index (χ0n) is 11.9. The van der Waals surface area contributed by atoms with Crippen molar-refractivity contribution in [1.82, 2.24) is 10.2 Å². The first-order valence-corrected chi connectivity index (χ1v) is 6.54. The summed E-state index contributed by atoms with van der Waals surface area (Å²) >= 11 is 0. The molecule has 20 heavy (non-hydrogen) atoms. The summed E-state index contributed by atoms with van der Waals surface area (Å²) in [4.78, 5) is 13.9. The van der Waals surface area contributed by atoms with Gasteiger partial charge in [0.25, 0.3) is 5.91 Å². The number of carbonyl (C=O) groups excluding carboxylic acids is 1. The summed E-state index contributed by atoms with van der Waals surface area (Å²) in [6.07, 6.45) is 0.981. The number of hydrogen-bond donors (Lipinski definition) is 1. The SMILES string of the molecule is CCc1ccc(N(C)C(=O)c2ccc(NC)nn2)cc1. The van der Waals surface area contributed by atoms with Crippen molar-refractivity contribution in [1.29, 1.82) is 0 Å². The highest BCUT2D eigenvalue weighted by Gasteiger charge is 2.15.